The van der Waals surface area contributed by atoms with Crippen LogP contribution in [0.5, 0.6) is 17.2 Å². The standard InChI is InChI=1S/C28H32N2O9/c1-5-6-11-30-24(32)21-22(25(30)33)28(27(35)36,14-15-7-9-16(31)10-8-15)29-23(21)18-12-17(37-2)13-19(38-3)20(18)26(34)39-4/h7-10,12-13,21-23,29,31H,5-6,11,14H2,1-4H3,(H,35,36). The van der Waals surface area contributed by atoms with Crippen molar-refractivity contribution in [3.63, 3.8) is 0 Å². The van der Waals surface area contributed by atoms with E-state index in [4.69, 9.17) is 14.2 Å². The molecule has 2 amide bonds. The first kappa shape index (κ1) is 27.9. The summed E-state index contributed by atoms with van der Waals surface area (Å²) in [5.74, 6) is -5.13. The maximum absolute atomic E-state index is 13.8. The van der Waals surface area contributed by atoms with Crippen LogP contribution in [-0.2, 0) is 25.5 Å². The number of carboxylic acid groups (broad SMARTS) is 1. The maximum atomic E-state index is 13.8. The van der Waals surface area contributed by atoms with Gasteiger partial charge in [0.05, 0.1) is 33.2 Å². The molecule has 4 rings (SSSR count). The lowest BCUT2D eigenvalue weighted by molar-refractivity contribution is -0.151. The molecule has 0 saturated carbocycles. The van der Waals surface area contributed by atoms with Crippen molar-refractivity contribution < 1.29 is 43.6 Å². The molecular formula is C28H32N2O9. The van der Waals surface area contributed by atoms with Crippen molar-refractivity contribution in [1.82, 2.24) is 10.2 Å². The van der Waals surface area contributed by atoms with Gasteiger partial charge in [0, 0.05) is 25.1 Å². The summed E-state index contributed by atoms with van der Waals surface area (Å²) in [6, 6.07) is 7.92. The molecule has 4 unspecified atom stereocenters. The third-order valence-corrected chi connectivity index (χ3v) is 7.57. The van der Waals surface area contributed by atoms with E-state index in [0.29, 0.717) is 17.7 Å². The van der Waals surface area contributed by atoms with Crippen LogP contribution in [0.3, 0.4) is 0 Å². The molecule has 2 aliphatic rings. The van der Waals surface area contributed by atoms with Crippen molar-refractivity contribution in [3.8, 4) is 17.2 Å². The molecule has 0 aromatic heterocycles. The number of fused-ring (bicyclic) bond motifs is 1. The Bertz CT molecular complexity index is 1290. The van der Waals surface area contributed by atoms with Crippen LogP contribution in [0.2, 0.25) is 0 Å². The highest BCUT2D eigenvalue weighted by atomic mass is 16.5. The Morgan fingerprint density at radius 1 is 1.05 bits per heavy atom. The summed E-state index contributed by atoms with van der Waals surface area (Å²) in [6.45, 7) is 2.09. The summed E-state index contributed by atoms with van der Waals surface area (Å²) in [5.41, 5.74) is -1.15. The van der Waals surface area contributed by atoms with E-state index in [1.807, 2.05) is 6.92 Å². The lowest BCUT2D eigenvalue weighted by Gasteiger charge is -2.31. The predicted octanol–water partition coefficient (Wildman–Crippen LogP) is 2.31. The number of nitrogens with one attached hydrogen (secondary N) is 1. The number of carbonyl (C=O) groups is 4. The van der Waals surface area contributed by atoms with E-state index in [2.05, 4.69) is 5.32 Å². The number of nitrogens with zero attached hydrogens (tertiary/aromatic N) is 1. The Kier molecular flexibility index (Phi) is 7.82. The molecule has 2 fully saturated rings. The normalized spacial score (nSPS) is 24.0. The Labute approximate surface area is 225 Å². The molecule has 2 aliphatic heterocycles. The van der Waals surface area contributed by atoms with Crippen molar-refractivity contribution in [2.24, 2.45) is 11.8 Å². The van der Waals surface area contributed by atoms with Gasteiger partial charge in [0.15, 0.2) is 0 Å². The zero-order valence-electron chi connectivity index (χ0n) is 22.2. The number of methoxy groups -OCH3 is 3. The fraction of sp³-hybridized carbons (Fsp3) is 0.429. The Hall–Kier alpha value is -4.12. The van der Waals surface area contributed by atoms with Crippen molar-refractivity contribution in [3.05, 3.63) is 53.1 Å². The van der Waals surface area contributed by atoms with E-state index in [1.165, 1.54) is 45.6 Å². The molecule has 208 valence electrons. The molecule has 2 heterocycles. The van der Waals surface area contributed by atoms with Crippen LogP contribution in [0.4, 0.5) is 0 Å². The third-order valence-electron chi connectivity index (χ3n) is 7.57. The smallest absolute Gasteiger partial charge is 0.341 e. The van der Waals surface area contributed by atoms with Crippen molar-refractivity contribution in [1.29, 1.82) is 0 Å². The van der Waals surface area contributed by atoms with Crippen LogP contribution in [0.1, 0.15) is 47.3 Å². The molecule has 11 heteroatoms. The summed E-state index contributed by atoms with van der Waals surface area (Å²) >= 11 is 0. The van der Waals surface area contributed by atoms with E-state index in [0.717, 1.165) is 11.3 Å². The fourth-order valence-corrected chi connectivity index (χ4v) is 5.69. The fourth-order valence-electron chi connectivity index (χ4n) is 5.69. The first-order valence-corrected chi connectivity index (χ1v) is 12.6. The van der Waals surface area contributed by atoms with E-state index in [9.17, 15) is 29.4 Å². The highest BCUT2D eigenvalue weighted by Gasteiger charge is 2.68. The van der Waals surface area contributed by atoms with E-state index >= 15 is 0 Å². The van der Waals surface area contributed by atoms with Crippen molar-refractivity contribution in [2.45, 2.75) is 37.8 Å². The Morgan fingerprint density at radius 2 is 1.74 bits per heavy atom. The maximum Gasteiger partial charge on any atom is 0.341 e. The van der Waals surface area contributed by atoms with Crippen molar-refractivity contribution >= 4 is 23.8 Å². The molecule has 2 saturated heterocycles. The number of phenolic OH excluding ortho intramolecular Hbond substituents is 1. The molecule has 4 atom stereocenters. The number of hydrogen-bond donors (Lipinski definition) is 3. The zero-order chi connectivity index (χ0) is 28.5. The number of likely N-dealkylation sites (tertiary alicyclic amines) is 1. The lowest BCUT2D eigenvalue weighted by Crippen LogP contribution is -2.57. The molecule has 0 aliphatic carbocycles. The van der Waals surface area contributed by atoms with Gasteiger partial charge in [0.25, 0.3) is 0 Å². The number of hydrogen-bond acceptors (Lipinski definition) is 9. The predicted molar refractivity (Wildman–Crippen MR) is 138 cm³/mol. The van der Waals surface area contributed by atoms with Crippen LogP contribution < -0.4 is 14.8 Å². The minimum atomic E-state index is -1.90. The van der Waals surface area contributed by atoms with Crippen LogP contribution in [0.15, 0.2) is 36.4 Å². The van der Waals surface area contributed by atoms with Crippen LogP contribution in [0.25, 0.3) is 0 Å². The van der Waals surface area contributed by atoms with Gasteiger partial charge in [0.1, 0.15) is 28.4 Å². The molecule has 2 aromatic carbocycles. The zero-order valence-corrected chi connectivity index (χ0v) is 22.2. The first-order valence-electron chi connectivity index (χ1n) is 12.6. The summed E-state index contributed by atoms with van der Waals surface area (Å²) in [5, 5.41) is 23.5. The largest absolute Gasteiger partial charge is 0.508 e. The summed E-state index contributed by atoms with van der Waals surface area (Å²) < 4.78 is 15.8. The number of carboxylic acids is 1. The van der Waals surface area contributed by atoms with Gasteiger partial charge in [-0.3, -0.25) is 24.6 Å². The SMILES string of the molecule is CCCCN1C(=O)C2C(c3cc(OC)cc(OC)c3C(=O)OC)NC(Cc3ccc(O)cc3)(C(=O)O)C2C1=O. The lowest BCUT2D eigenvalue weighted by atomic mass is 9.76. The number of phenols is 1. The summed E-state index contributed by atoms with van der Waals surface area (Å²) in [6.07, 6.45) is 1.13. The second-order valence-corrected chi connectivity index (χ2v) is 9.71. The number of amides is 2. The number of rotatable bonds is 10. The molecule has 11 nitrogen and oxygen atoms in total. The monoisotopic (exact) mass is 540 g/mol. The highest BCUT2D eigenvalue weighted by Crippen LogP contribution is 2.52. The minimum absolute atomic E-state index is 0.00214. The Morgan fingerprint density at radius 3 is 2.31 bits per heavy atom. The van der Waals surface area contributed by atoms with Gasteiger partial charge < -0.3 is 24.4 Å². The molecule has 0 spiro atoms. The molecule has 0 radical (unpaired) electrons. The average Bonchev–Trinajstić information content (AvgIpc) is 3.40. The van der Waals surface area contributed by atoms with Crippen LogP contribution in [0, 0.1) is 11.8 Å². The number of aliphatic carboxylic acids is 1. The number of esters is 1. The summed E-state index contributed by atoms with van der Waals surface area (Å²) in [4.78, 5) is 54.8. The van der Waals surface area contributed by atoms with Gasteiger partial charge >= 0.3 is 11.9 Å². The number of unbranched alkanes of at least 4 members (excludes halogenated alkanes) is 1. The van der Waals surface area contributed by atoms with Gasteiger partial charge in [0.2, 0.25) is 11.8 Å². The van der Waals surface area contributed by atoms with Gasteiger partial charge in [-0.15, -0.1) is 0 Å². The molecule has 0 bridgehead atoms. The van der Waals surface area contributed by atoms with Gasteiger partial charge in [-0.05, 0) is 35.7 Å². The van der Waals surface area contributed by atoms with Gasteiger partial charge in [-0.1, -0.05) is 25.5 Å². The van der Waals surface area contributed by atoms with Crippen LogP contribution in [-0.4, -0.2) is 72.3 Å². The highest BCUT2D eigenvalue weighted by molar-refractivity contribution is 6.10. The van der Waals surface area contributed by atoms with E-state index in [1.54, 1.807) is 12.1 Å². The number of benzene rings is 2. The average molecular weight is 541 g/mol. The minimum Gasteiger partial charge on any atom is -0.508 e. The molecule has 2 aromatic rings. The number of ether oxygens (including phenoxy) is 3. The Balaban J connectivity index is 1.95. The van der Waals surface area contributed by atoms with Gasteiger partial charge in [-0.2, -0.15) is 0 Å². The van der Waals surface area contributed by atoms with E-state index < -0.39 is 47.2 Å². The molecule has 3 N–H and O–H groups in total. The van der Waals surface area contributed by atoms with Gasteiger partial charge in [-0.25, -0.2) is 4.79 Å². The molecular weight excluding hydrogens is 508 g/mol. The number of carbonyl (C=O) groups excluding carboxylic acids is 3. The van der Waals surface area contributed by atoms with E-state index in [-0.39, 0.29) is 35.6 Å². The number of imide groups is 1. The second-order valence-electron chi connectivity index (χ2n) is 9.71. The second kappa shape index (κ2) is 10.9. The quantitative estimate of drug-likeness (QED) is 0.302. The first-order chi connectivity index (χ1) is 18.6. The number of aromatic hydroxyl groups is 1. The summed E-state index contributed by atoms with van der Waals surface area (Å²) in [7, 11) is 3.98. The molecule has 39 heavy (non-hydrogen) atoms. The third kappa shape index (κ3) is 4.67. The van der Waals surface area contributed by atoms with Crippen LogP contribution >= 0.6 is 0 Å². The van der Waals surface area contributed by atoms with Crippen molar-refractivity contribution in [2.75, 3.05) is 27.9 Å². The topological polar surface area (TPSA) is 152 Å².